The summed E-state index contributed by atoms with van der Waals surface area (Å²) in [6, 6.07) is 19.2. The lowest BCUT2D eigenvalue weighted by Gasteiger charge is -2.20. The molecule has 0 aliphatic heterocycles. The number of hydrogen-bond donors (Lipinski definition) is 0. The van der Waals surface area contributed by atoms with Crippen molar-refractivity contribution in [3.05, 3.63) is 77.4 Å². The molecule has 0 heterocycles. The third-order valence-corrected chi connectivity index (χ3v) is 4.29. The summed E-state index contributed by atoms with van der Waals surface area (Å²) < 4.78 is 6.28. The molecule has 20 heavy (non-hydrogen) atoms. The second-order valence-corrected chi connectivity index (χ2v) is 10.6. The zero-order valence-corrected chi connectivity index (χ0v) is 13.3. The van der Waals surface area contributed by atoms with E-state index < -0.39 is 8.32 Å². The number of hydrogen-bond acceptors (Lipinski definition) is 1. The molecular weight excluding hydrogens is 260 g/mol. The molecule has 0 saturated heterocycles. The summed E-state index contributed by atoms with van der Waals surface area (Å²) >= 11 is 0. The van der Waals surface area contributed by atoms with Crippen LogP contribution < -0.4 is 0 Å². The van der Waals surface area contributed by atoms with Crippen LogP contribution in [0.2, 0.25) is 19.6 Å². The molecule has 2 aromatic carbocycles. The van der Waals surface area contributed by atoms with E-state index in [1.54, 1.807) is 0 Å². The van der Waals surface area contributed by atoms with Crippen LogP contribution in [0.3, 0.4) is 0 Å². The molecule has 102 valence electrons. The van der Waals surface area contributed by atoms with Gasteiger partial charge in [0.15, 0.2) is 0 Å². The van der Waals surface area contributed by atoms with Gasteiger partial charge in [-0.25, -0.2) is 0 Å². The summed E-state index contributed by atoms with van der Waals surface area (Å²) in [7, 11) is -1.59. The molecule has 0 saturated carbocycles. The molecule has 0 fully saturated rings. The second kappa shape index (κ2) is 4.95. The number of allylic oxidation sites excluding steroid dienone is 1. The van der Waals surface area contributed by atoms with Crippen LogP contribution in [0.5, 0.6) is 0 Å². The molecule has 1 aliphatic rings. The minimum atomic E-state index is -1.59. The third-order valence-electron chi connectivity index (χ3n) is 3.45. The van der Waals surface area contributed by atoms with Gasteiger partial charge in [0.2, 0.25) is 8.32 Å². The Labute approximate surface area is 122 Å². The molecule has 1 nitrogen and oxygen atoms in total. The Hall–Kier alpha value is -1.80. The van der Waals surface area contributed by atoms with Crippen LogP contribution in [0.15, 0.2) is 60.7 Å². The van der Waals surface area contributed by atoms with Crippen molar-refractivity contribution in [2.75, 3.05) is 0 Å². The maximum absolute atomic E-state index is 6.28. The highest BCUT2D eigenvalue weighted by Crippen LogP contribution is 2.41. The van der Waals surface area contributed by atoms with Crippen molar-refractivity contribution in [2.24, 2.45) is 0 Å². The van der Waals surface area contributed by atoms with Crippen molar-refractivity contribution in [1.29, 1.82) is 0 Å². The van der Waals surface area contributed by atoms with Crippen LogP contribution in [0.1, 0.15) is 22.6 Å². The Morgan fingerprint density at radius 3 is 2.20 bits per heavy atom. The smallest absolute Gasteiger partial charge is 0.242 e. The standard InChI is InChI=1S/C18H20OSi/c1-20(2,3)19-18-13-17(14-9-5-4-6-10-14)15-11-7-8-12-16(15)18/h4-13,17H,1-3H3. The first-order chi connectivity index (χ1) is 9.54. The highest BCUT2D eigenvalue weighted by molar-refractivity contribution is 6.70. The minimum absolute atomic E-state index is 0.318. The van der Waals surface area contributed by atoms with Crippen molar-refractivity contribution in [2.45, 2.75) is 25.6 Å². The fourth-order valence-electron chi connectivity index (χ4n) is 2.68. The Bertz CT molecular complexity index is 638. The zero-order chi connectivity index (χ0) is 14.2. The Morgan fingerprint density at radius 1 is 0.850 bits per heavy atom. The first-order valence-electron chi connectivity index (χ1n) is 7.10. The molecule has 0 bridgehead atoms. The fourth-order valence-corrected chi connectivity index (χ4v) is 3.52. The summed E-state index contributed by atoms with van der Waals surface area (Å²) in [6.45, 7) is 6.69. The van der Waals surface area contributed by atoms with Crippen LogP contribution in [0.4, 0.5) is 0 Å². The van der Waals surface area contributed by atoms with Gasteiger partial charge >= 0.3 is 0 Å². The van der Waals surface area contributed by atoms with E-state index >= 15 is 0 Å². The van der Waals surface area contributed by atoms with Gasteiger partial charge in [-0.3, -0.25) is 0 Å². The van der Waals surface area contributed by atoms with Crippen molar-refractivity contribution >= 4 is 14.1 Å². The lowest BCUT2D eigenvalue weighted by Crippen LogP contribution is -2.24. The average Bonchev–Trinajstić information content (AvgIpc) is 2.77. The second-order valence-electron chi connectivity index (χ2n) is 6.22. The van der Waals surface area contributed by atoms with Crippen molar-refractivity contribution in [3.63, 3.8) is 0 Å². The molecule has 1 unspecified atom stereocenters. The normalized spacial score (nSPS) is 17.6. The number of rotatable bonds is 3. The molecule has 2 aromatic rings. The maximum atomic E-state index is 6.28. The third kappa shape index (κ3) is 2.56. The molecular formula is C18H20OSi. The van der Waals surface area contributed by atoms with E-state index in [2.05, 4.69) is 80.3 Å². The van der Waals surface area contributed by atoms with Gasteiger partial charge in [-0.2, -0.15) is 0 Å². The molecule has 0 N–H and O–H groups in total. The lowest BCUT2D eigenvalue weighted by molar-refractivity contribution is 0.515. The molecule has 1 aliphatic carbocycles. The minimum Gasteiger partial charge on any atom is -0.544 e. The monoisotopic (exact) mass is 280 g/mol. The quantitative estimate of drug-likeness (QED) is 0.717. The summed E-state index contributed by atoms with van der Waals surface area (Å²) in [5.41, 5.74) is 3.94. The van der Waals surface area contributed by atoms with E-state index in [9.17, 15) is 0 Å². The van der Waals surface area contributed by atoms with Crippen LogP contribution in [-0.2, 0) is 4.43 Å². The van der Waals surface area contributed by atoms with Crippen LogP contribution in [0.25, 0.3) is 5.76 Å². The molecule has 0 radical (unpaired) electrons. The van der Waals surface area contributed by atoms with E-state index in [4.69, 9.17) is 4.43 Å². The lowest BCUT2D eigenvalue weighted by atomic mass is 9.93. The van der Waals surface area contributed by atoms with Gasteiger partial charge < -0.3 is 4.43 Å². The highest BCUT2D eigenvalue weighted by atomic mass is 28.4. The van der Waals surface area contributed by atoms with E-state index in [1.807, 2.05) is 0 Å². The highest BCUT2D eigenvalue weighted by Gasteiger charge is 2.28. The van der Waals surface area contributed by atoms with Gasteiger partial charge in [-0.15, -0.1) is 0 Å². The molecule has 0 aromatic heterocycles. The Kier molecular flexibility index (Phi) is 3.26. The molecule has 3 rings (SSSR count). The van der Waals surface area contributed by atoms with E-state index in [1.165, 1.54) is 16.7 Å². The van der Waals surface area contributed by atoms with Gasteiger partial charge in [0.25, 0.3) is 0 Å². The molecule has 0 amide bonds. The van der Waals surface area contributed by atoms with Crippen molar-refractivity contribution in [1.82, 2.24) is 0 Å². The van der Waals surface area contributed by atoms with Crippen LogP contribution >= 0.6 is 0 Å². The number of fused-ring (bicyclic) bond motifs is 1. The van der Waals surface area contributed by atoms with Gasteiger partial charge in [-0.05, 0) is 36.8 Å². The van der Waals surface area contributed by atoms with Gasteiger partial charge in [0, 0.05) is 11.5 Å². The fraction of sp³-hybridized carbons (Fsp3) is 0.222. The van der Waals surface area contributed by atoms with E-state index in [0.29, 0.717) is 5.92 Å². The summed E-state index contributed by atoms with van der Waals surface area (Å²) in [4.78, 5) is 0. The largest absolute Gasteiger partial charge is 0.544 e. The SMILES string of the molecule is C[Si](C)(C)OC1=CC(c2ccccc2)c2ccccc21. The van der Waals surface area contributed by atoms with Crippen LogP contribution in [0, 0.1) is 0 Å². The summed E-state index contributed by atoms with van der Waals surface area (Å²) in [5.74, 6) is 1.38. The Balaban J connectivity index is 2.05. The summed E-state index contributed by atoms with van der Waals surface area (Å²) in [6.07, 6.45) is 2.28. The van der Waals surface area contributed by atoms with Crippen LogP contribution in [-0.4, -0.2) is 8.32 Å². The predicted molar refractivity (Wildman–Crippen MR) is 87.1 cm³/mol. The summed E-state index contributed by atoms with van der Waals surface area (Å²) in [5, 5.41) is 0. The van der Waals surface area contributed by atoms with Gasteiger partial charge in [0.05, 0.1) is 0 Å². The Morgan fingerprint density at radius 2 is 1.50 bits per heavy atom. The molecule has 1 atom stereocenters. The topological polar surface area (TPSA) is 9.23 Å². The van der Waals surface area contributed by atoms with Crippen molar-refractivity contribution in [3.8, 4) is 0 Å². The van der Waals surface area contributed by atoms with E-state index in [0.717, 1.165) is 5.76 Å². The first-order valence-corrected chi connectivity index (χ1v) is 10.5. The predicted octanol–water partition coefficient (Wildman–Crippen LogP) is 5.02. The van der Waals surface area contributed by atoms with Gasteiger partial charge in [-0.1, -0.05) is 54.6 Å². The molecule has 0 spiro atoms. The first kappa shape index (κ1) is 13.2. The number of benzene rings is 2. The van der Waals surface area contributed by atoms with Crippen molar-refractivity contribution < 1.29 is 4.43 Å². The zero-order valence-electron chi connectivity index (χ0n) is 12.3. The maximum Gasteiger partial charge on any atom is 0.242 e. The van der Waals surface area contributed by atoms with E-state index in [-0.39, 0.29) is 0 Å². The average molecular weight is 280 g/mol. The van der Waals surface area contributed by atoms with Gasteiger partial charge in [0.1, 0.15) is 5.76 Å². The molecule has 2 heteroatoms.